The monoisotopic (exact) mass is 534 g/mol. The standard InChI is InChI=1S/C21H22N6O7S2/c1-14-11-15(2)23-21(22-14)25-36(33,34)19-9-7-16(8-10-19)24-20(28)13-26(35(3,31)32)17-5-4-6-18(12-17)27(29)30/h4-12H,13H2,1-3H3,(H,24,28)(H,22,23,25). The highest BCUT2D eigenvalue weighted by molar-refractivity contribution is 7.92. The molecule has 3 rings (SSSR count). The maximum atomic E-state index is 12.6. The number of hydrogen-bond donors (Lipinski definition) is 2. The summed E-state index contributed by atoms with van der Waals surface area (Å²) in [6, 6.07) is 11.7. The fraction of sp³-hybridized carbons (Fsp3) is 0.190. The molecular weight excluding hydrogens is 512 g/mol. The SMILES string of the molecule is Cc1cc(C)nc(NS(=O)(=O)c2ccc(NC(=O)CN(c3cccc([N+](=O)[O-])c3)S(C)(=O)=O)cc2)n1. The Morgan fingerprint density at radius 3 is 2.17 bits per heavy atom. The van der Waals surface area contributed by atoms with Gasteiger partial charge in [-0.05, 0) is 50.2 Å². The molecule has 1 amide bonds. The van der Waals surface area contributed by atoms with Gasteiger partial charge in [0.1, 0.15) is 6.54 Å². The van der Waals surface area contributed by atoms with E-state index in [1.807, 2.05) is 0 Å². The van der Waals surface area contributed by atoms with E-state index < -0.39 is 37.4 Å². The minimum atomic E-state index is -4.01. The largest absolute Gasteiger partial charge is 0.325 e. The number of carbonyl (C=O) groups excluding carboxylic acids is 1. The maximum Gasteiger partial charge on any atom is 0.271 e. The zero-order valence-electron chi connectivity index (χ0n) is 19.4. The second-order valence-electron chi connectivity index (χ2n) is 7.70. The summed E-state index contributed by atoms with van der Waals surface area (Å²) >= 11 is 0. The number of nitro groups is 1. The summed E-state index contributed by atoms with van der Waals surface area (Å²) in [5, 5.41) is 13.5. The summed E-state index contributed by atoms with van der Waals surface area (Å²) in [5.41, 5.74) is 0.994. The van der Waals surface area contributed by atoms with Crippen LogP contribution in [0.3, 0.4) is 0 Å². The highest BCUT2D eigenvalue weighted by Crippen LogP contribution is 2.23. The second kappa shape index (κ2) is 10.2. The number of sulfonamides is 2. The number of nitro benzene ring substituents is 1. The third-order valence-corrected chi connectivity index (χ3v) is 7.16. The lowest BCUT2D eigenvalue weighted by Gasteiger charge is -2.21. The van der Waals surface area contributed by atoms with Crippen LogP contribution in [0.2, 0.25) is 0 Å². The number of hydrogen-bond acceptors (Lipinski definition) is 9. The molecular formula is C21H22N6O7S2. The molecule has 0 fully saturated rings. The molecule has 0 saturated carbocycles. The molecule has 0 saturated heterocycles. The van der Waals surface area contributed by atoms with Gasteiger partial charge in [-0.25, -0.2) is 31.5 Å². The van der Waals surface area contributed by atoms with Crippen LogP contribution in [0, 0.1) is 24.0 Å². The van der Waals surface area contributed by atoms with Crippen molar-refractivity contribution >= 4 is 49.0 Å². The maximum absolute atomic E-state index is 12.6. The molecule has 0 atom stereocenters. The molecule has 2 N–H and O–H groups in total. The van der Waals surface area contributed by atoms with E-state index in [4.69, 9.17) is 0 Å². The second-order valence-corrected chi connectivity index (χ2v) is 11.3. The van der Waals surface area contributed by atoms with Crippen LogP contribution in [0.5, 0.6) is 0 Å². The summed E-state index contributed by atoms with van der Waals surface area (Å²) in [7, 11) is -7.97. The Morgan fingerprint density at radius 2 is 1.61 bits per heavy atom. The molecule has 1 aromatic heterocycles. The smallest absolute Gasteiger partial charge is 0.271 e. The van der Waals surface area contributed by atoms with Crippen molar-refractivity contribution in [2.24, 2.45) is 0 Å². The summed E-state index contributed by atoms with van der Waals surface area (Å²) < 4.78 is 52.8. The van der Waals surface area contributed by atoms with E-state index >= 15 is 0 Å². The van der Waals surface area contributed by atoms with Gasteiger partial charge in [0.2, 0.25) is 21.9 Å². The fourth-order valence-electron chi connectivity index (χ4n) is 3.16. The predicted octanol–water partition coefficient (Wildman–Crippen LogP) is 2.21. The number of carbonyl (C=O) groups is 1. The van der Waals surface area contributed by atoms with Gasteiger partial charge in [0, 0.05) is 29.2 Å². The molecule has 0 aliphatic heterocycles. The van der Waals surface area contributed by atoms with Crippen LogP contribution >= 0.6 is 0 Å². The van der Waals surface area contributed by atoms with Crippen molar-refractivity contribution in [2.75, 3.05) is 27.1 Å². The minimum Gasteiger partial charge on any atom is -0.325 e. The first-order valence-corrected chi connectivity index (χ1v) is 13.5. The molecule has 1 heterocycles. The number of benzene rings is 2. The van der Waals surface area contributed by atoms with Crippen molar-refractivity contribution in [3.8, 4) is 0 Å². The molecule has 2 aromatic carbocycles. The van der Waals surface area contributed by atoms with Crippen LogP contribution in [0.1, 0.15) is 11.4 Å². The lowest BCUT2D eigenvalue weighted by molar-refractivity contribution is -0.384. The van der Waals surface area contributed by atoms with E-state index in [9.17, 15) is 31.7 Å². The molecule has 0 aliphatic carbocycles. The number of nitrogens with one attached hydrogen (secondary N) is 2. The van der Waals surface area contributed by atoms with Gasteiger partial charge in [-0.3, -0.25) is 19.2 Å². The minimum absolute atomic E-state index is 0.0528. The van der Waals surface area contributed by atoms with E-state index in [0.717, 1.165) is 16.6 Å². The Labute approximate surface area is 207 Å². The normalized spacial score (nSPS) is 11.5. The number of non-ortho nitro benzene ring substituents is 1. The lowest BCUT2D eigenvalue weighted by atomic mass is 10.3. The third kappa shape index (κ3) is 6.73. The molecule has 13 nitrogen and oxygen atoms in total. The van der Waals surface area contributed by atoms with E-state index in [2.05, 4.69) is 20.0 Å². The fourth-order valence-corrected chi connectivity index (χ4v) is 4.95. The van der Waals surface area contributed by atoms with Crippen LogP contribution in [0.25, 0.3) is 0 Å². The molecule has 3 aromatic rings. The first-order chi connectivity index (χ1) is 16.7. The average molecular weight is 535 g/mol. The molecule has 36 heavy (non-hydrogen) atoms. The van der Waals surface area contributed by atoms with Crippen LogP contribution in [0.4, 0.5) is 23.0 Å². The third-order valence-electron chi connectivity index (χ3n) is 4.67. The molecule has 15 heteroatoms. The molecule has 0 spiro atoms. The van der Waals surface area contributed by atoms with Gasteiger partial charge in [0.15, 0.2) is 0 Å². The number of aryl methyl sites for hydroxylation is 2. The van der Waals surface area contributed by atoms with Gasteiger partial charge in [-0.1, -0.05) is 6.07 Å². The zero-order valence-corrected chi connectivity index (χ0v) is 21.0. The Hall–Kier alpha value is -4.11. The average Bonchev–Trinajstić information content (AvgIpc) is 2.76. The van der Waals surface area contributed by atoms with Crippen molar-refractivity contribution in [1.29, 1.82) is 0 Å². The highest BCUT2D eigenvalue weighted by Gasteiger charge is 2.23. The highest BCUT2D eigenvalue weighted by atomic mass is 32.2. The van der Waals surface area contributed by atoms with Crippen LogP contribution in [-0.2, 0) is 24.8 Å². The van der Waals surface area contributed by atoms with Crippen molar-refractivity contribution in [1.82, 2.24) is 9.97 Å². The molecule has 0 radical (unpaired) electrons. The van der Waals surface area contributed by atoms with Crippen molar-refractivity contribution in [3.05, 3.63) is 76.1 Å². The number of amides is 1. The summed E-state index contributed by atoms with van der Waals surface area (Å²) in [6.07, 6.45) is 0.866. The predicted molar refractivity (Wildman–Crippen MR) is 133 cm³/mol. The lowest BCUT2D eigenvalue weighted by Crippen LogP contribution is -2.37. The van der Waals surface area contributed by atoms with Crippen molar-refractivity contribution in [2.45, 2.75) is 18.7 Å². The molecule has 0 bridgehead atoms. The Balaban J connectivity index is 1.74. The summed E-state index contributed by atoms with van der Waals surface area (Å²) in [4.78, 5) is 30.9. The topological polar surface area (TPSA) is 182 Å². The van der Waals surface area contributed by atoms with E-state index in [1.165, 1.54) is 42.5 Å². The van der Waals surface area contributed by atoms with Gasteiger partial charge in [0.25, 0.3) is 15.7 Å². The molecule has 0 unspecified atom stereocenters. The summed E-state index contributed by atoms with van der Waals surface area (Å²) in [6.45, 7) is 2.74. The Morgan fingerprint density at radius 1 is 1.00 bits per heavy atom. The van der Waals surface area contributed by atoms with Gasteiger partial charge >= 0.3 is 0 Å². The quantitative estimate of drug-likeness (QED) is 0.307. The number of aromatic nitrogens is 2. The van der Waals surface area contributed by atoms with Gasteiger partial charge < -0.3 is 5.32 Å². The van der Waals surface area contributed by atoms with Crippen LogP contribution in [-0.4, -0.2) is 50.4 Å². The Kier molecular flexibility index (Phi) is 7.54. The van der Waals surface area contributed by atoms with Gasteiger partial charge in [-0.2, -0.15) is 0 Å². The molecule has 190 valence electrons. The first kappa shape index (κ1) is 26.5. The zero-order chi connectivity index (χ0) is 26.7. The van der Waals surface area contributed by atoms with Gasteiger partial charge in [-0.15, -0.1) is 0 Å². The van der Waals surface area contributed by atoms with Gasteiger partial charge in [0.05, 0.1) is 21.8 Å². The van der Waals surface area contributed by atoms with Crippen molar-refractivity contribution in [3.63, 3.8) is 0 Å². The number of rotatable bonds is 9. The van der Waals surface area contributed by atoms with E-state index in [0.29, 0.717) is 11.4 Å². The van der Waals surface area contributed by atoms with Crippen LogP contribution < -0.4 is 14.3 Å². The van der Waals surface area contributed by atoms with Crippen molar-refractivity contribution < 1.29 is 26.6 Å². The van der Waals surface area contributed by atoms with E-state index in [-0.39, 0.29) is 27.9 Å². The molecule has 0 aliphatic rings. The Bertz CT molecular complexity index is 1500. The van der Waals surface area contributed by atoms with E-state index in [1.54, 1.807) is 19.9 Å². The summed E-state index contributed by atoms with van der Waals surface area (Å²) in [5.74, 6) is -0.823. The van der Waals surface area contributed by atoms with Crippen LogP contribution in [0.15, 0.2) is 59.5 Å². The number of nitrogens with zero attached hydrogens (tertiary/aromatic N) is 4. The first-order valence-electron chi connectivity index (χ1n) is 10.2. The number of anilines is 3.